The molecule has 0 aliphatic heterocycles. The van der Waals surface area contributed by atoms with Crippen LogP contribution in [0.3, 0.4) is 0 Å². The largest absolute Gasteiger partial charge is 0.292 e. The summed E-state index contributed by atoms with van der Waals surface area (Å²) in [7, 11) is 0. The van der Waals surface area contributed by atoms with Gasteiger partial charge in [0.25, 0.3) is 0 Å². The minimum absolute atomic E-state index is 0.123. The second-order valence-electron chi connectivity index (χ2n) is 6.26. The molecule has 0 bridgehead atoms. The van der Waals surface area contributed by atoms with E-state index in [0.29, 0.717) is 12.1 Å². The fraction of sp³-hybridized carbons (Fsp3) is 0.333. The van der Waals surface area contributed by atoms with E-state index in [0.717, 1.165) is 17.7 Å². The van der Waals surface area contributed by atoms with Gasteiger partial charge in [0.1, 0.15) is 5.69 Å². The van der Waals surface area contributed by atoms with Crippen LogP contribution in [0.2, 0.25) is 0 Å². The third-order valence-corrected chi connectivity index (χ3v) is 3.21. The predicted molar refractivity (Wildman–Crippen MR) is 82.7 cm³/mol. The van der Waals surface area contributed by atoms with Crippen molar-refractivity contribution in [2.24, 2.45) is 5.41 Å². The molecule has 1 aromatic heterocycles. The lowest BCUT2D eigenvalue weighted by Gasteiger charge is -2.16. The Labute approximate surface area is 120 Å². The van der Waals surface area contributed by atoms with Crippen LogP contribution in [-0.2, 0) is 0 Å². The molecule has 1 heterocycles. The molecule has 0 unspecified atom stereocenters. The lowest BCUT2D eigenvalue weighted by molar-refractivity contribution is 0.0961. The van der Waals surface area contributed by atoms with Crippen molar-refractivity contribution in [3.8, 4) is 11.3 Å². The van der Waals surface area contributed by atoms with Crippen molar-refractivity contribution >= 4 is 5.78 Å². The molecule has 0 saturated heterocycles. The Hall–Kier alpha value is -1.96. The fourth-order valence-electron chi connectivity index (χ4n) is 1.98. The average molecular weight is 267 g/mol. The van der Waals surface area contributed by atoms with Crippen LogP contribution in [0.4, 0.5) is 0 Å². The summed E-state index contributed by atoms with van der Waals surface area (Å²) < 4.78 is 0. The second-order valence-corrected chi connectivity index (χ2v) is 6.26. The van der Waals surface area contributed by atoms with Crippen molar-refractivity contribution in [1.29, 1.82) is 0 Å². The number of nitrogens with zero attached hydrogens (tertiary/aromatic N) is 1. The Bertz CT molecular complexity index is 582. The zero-order valence-electron chi connectivity index (χ0n) is 12.4. The Balaban J connectivity index is 2.16. The van der Waals surface area contributed by atoms with Gasteiger partial charge < -0.3 is 0 Å². The summed E-state index contributed by atoms with van der Waals surface area (Å²) in [5.74, 6) is 0.123. The maximum Gasteiger partial charge on any atom is 0.181 e. The number of Topliss-reactive ketones (excluding diaryl/α,β-unsaturated/α-hetero) is 1. The van der Waals surface area contributed by atoms with Crippen LogP contribution in [0.5, 0.6) is 0 Å². The van der Waals surface area contributed by atoms with E-state index < -0.39 is 0 Å². The highest BCUT2D eigenvalue weighted by atomic mass is 16.1. The van der Waals surface area contributed by atoms with Crippen LogP contribution in [-0.4, -0.2) is 10.8 Å². The SMILES string of the molecule is CC(C)(C)CCC(=O)c1cccc(-c2ccccc2)n1. The van der Waals surface area contributed by atoms with Gasteiger partial charge in [-0.25, -0.2) is 4.98 Å². The molecule has 2 heteroatoms. The molecule has 2 rings (SSSR count). The minimum Gasteiger partial charge on any atom is -0.292 e. The minimum atomic E-state index is 0.123. The van der Waals surface area contributed by atoms with Crippen LogP contribution in [0.1, 0.15) is 44.1 Å². The van der Waals surface area contributed by atoms with E-state index in [4.69, 9.17) is 0 Å². The maximum absolute atomic E-state index is 12.2. The molecule has 0 N–H and O–H groups in total. The average Bonchev–Trinajstić information content (AvgIpc) is 2.45. The number of benzene rings is 1. The highest BCUT2D eigenvalue weighted by molar-refractivity contribution is 5.94. The number of ketones is 1. The van der Waals surface area contributed by atoms with E-state index in [1.807, 2.05) is 42.5 Å². The van der Waals surface area contributed by atoms with E-state index in [2.05, 4.69) is 25.8 Å². The van der Waals surface area contributed by atoms with E-state index in [1.54, 1.807) is 6.07 Å². The highest BCUT2D eigenvalue weighted by Gasteiger charge is 2.15. The summed E-state index contributed by atoms with van der Waals surface area (Å²) in [5, 5.41) is 0. The first-order chi connectivity index (χ1) is 9.46. The Morgan fingerprint density at radius 1 is 1.00 bits per heavy atom. The Kier molecular flexibility index (Phi) is 4.33. The van der Waals surface area contributed by atoms with Gasteiger partial charge >= 0.3 is 0 Å². The second kappa shape index (κ2) is 6.00. The van der Waals surface area contributed by atoms with Crippen LogP contribution in [0.25, 0.3) is 11.3 Å². The predicted octanol–water partition coefficient (Wildman–Crippen LogP) is 4.76. The van der Waals surface area contributed by atoms with Gasteiger partial charge in [-0.05, 0) is 24.0 Å². The molecule has 0 fully saturated rings. The van der Waals surface area contributed by atoms with Gasteiger partial charge in [0.05, 0.1) is 5.69 Å². The molecular formula is C18H21NO. The zero-order chi connectivity index (χ0) is 14.6. The quantitative estimate of drug-likeness (QED) is 0.748. The Morgan fingerprint density at radius 2 is 1.70 bits per heavy atom. The summed E-state index contributed by atoms with van der Waals surface area (Å²) in [6.45, 7) is 6.44. The molecule has 0 radical (unpaired) electrons. The molecule has 2 nitrogen and oxygen atoms in total. The summed E-state index contributed by atoms with van der Waals surface area (Å²) in [4.78, 5) is 16.7. The standard InChI is InChI=1S/C18H21NO/c1-18(2,3)13-12-17(20)16-11-7-10-15(19-16)14-8-5-4-6-9-14/h4-11H,12-13H2,1-3H3. The molecule has 0 saturated carbocycles. The van der Waals surface area contributed by atoms with Crippen molar-refractivity contribution in [3.63, 3.8) is 0 Å². The summed E-state index contributed by atoms with van der Waals surface area (Å²) in [5.41, 5.74) is 2.63. The maximum atomic E-state index is 12.2. The van der Waals surface area contributed by atoms with Crippen molar-refractivity contribution < 1.29 is 4.79 Å². The number of pyridine rings is 1. The molecule has 20 heavy (non-hydrogen) atoms. The lowest BCUT2D eigenvalue weighted by Crippen LogP contribution is -2.10. The molecule has 1 aromatic carbocycles. The molecule has 0 atom stereocenters. The van der Waals surface area contributed by atoms with Crippen LogP contribution >= 0.6 is 0 Å². The monoisotopic (exact) mass is 267 g/mol. The summed E-state index contributed by atoms with van der Waals surface area (Å²) in [6.07, 6.45) is 1.43. The highest BCUT2D eigenvalue weighted by Crippen LogP contribution is 2.22. The smallest absolute Gasteiger partial charge is 0.181 e. The van der Waals surface area contributed by atoms with Gasteiger partial charge in [0.15, 0.2) is 5.78 Å². The van der Waals surface area contributed by atoms with E-state index in [1.165, 1.54) is 0 Å². The van der Waals surface area contributed by atoms with Crippen LogP contribution in [0.15, 0.2) is 48.5 Å². The van der Waals surface area contributed by atoms with Crippen LogP contribution in [0, 0.1) is 5.41 Å². The number of hydrogen-bond acceptors (Lipinski definition) is 2. The molecule has 0 aliphatic rings. The van der Waals surface area contributed by atoms with Crippen molar-refractivity contribution in [1.82, 2.24) is 4.98 Å². The van der Waals surface area contributed by atoms with Crippen LogP contribution < -0.4 is 0 Å². The zero-order valence-corrected chi connectivity index (χ0v) is 12.4. The lowest BCUT2D eigenvalue weighted by atomic mass is 9.89. The van der Waals surface area contributed by atoms with Gasteiger partial charge in [-0.15, -0.1) is 0 Å². The number of carbonyl (C=O) groups excluding carboxylic acids is 1. The topological polar surface area (TPSA) is 30.0 Å². The van der Waals surface area contributed by atoms with E-state index in [9.17, 15) is 4.79 Å². The van der Waals surface area contributed by atoms with Gasteiger partial charge in [-0.3, -0.25) is 4.79 Å². The molecular weight excluding hydrogens is 246 g/mol. The molecule has 0 amide bonds. The van der Waals surface area contributed by atoms with Gasteiger partial charge in [0.2, 0.25) is 0 Å². The van der Waals surface area contributed by atoms with E-state index in [-0.39, 0.29) is 11.2 Å². The first-order valence-electron chi connectivity index (χ1n) is 7.01. The van der Waals surface area contributed by atoms with Crippen molar-refractivity contribution in [2.45, 2.75) is 33.6 Å². The first kappa shape index (κ1) is 14.4. The van der Waals surface area contributed by atoms with Crippen molar-refractivity contribution in [2.75, 3.05) is 0 Å². The van der Waals surface area contributed by atoms with Gasteiger partial charge in [-0.2, -0.15) is 0 Å². The first-order valence-corrected chi connectivity index (χ1v) is 7.01. The third kappa shape index (κ3) is 4.02. The molecule has 2 aromatic rings. The number of aromatic nitrogens is 1. The normalized spacial score (nSPS) is 11.3. The van der Waals surface area contributed by atoms with E-state index >= 15 is 0 Å². The van der Waals surface area contributed by atoms with Gasteiger partial charge in [0, 0.05) is 12.0 Å². The summed E-state index contributed by atoms with van der Waals surface area (Å²) in [6, 6.07) is 15.6. The molecule has 0 aliphatic carbocycles. The fourth-order valence-corrected chi connectivity index (χ4v) is 1.98. The third-order valence-electron chi connectivity index (χ3n) is 3.21. The molecule has 104 valence electrons. The number of hydrogen-bond donors (Lipinski definition) is 0. The van der Waals surface area contributed by atoms with Gasteiger partial charge in [-0.1, -0.05) is 57.2 Å². The Morgan fingerprint density at radius 3 is 2.35 bits per heavy atom. The van der Waals surface area contributed by atoms with Crippen molar-refractivity contribution in [3.05, 3.63) is 54.2 Å². The number of carbonyl (C=O) groups is 1. The summed E-state index contributed by atoms with van der Waals surface area (Å²) >= 11 is 0. The number of rotatable bonds is 4. The molecule has 0 spiro atoms.